The van der Waals surface area contributed by atoms with Crippen LogP contribution in [-0.2, 0) is 18.3 Å². The normalized spacial score (nSPS) is 14.8. The number of nitrogens with one attached hydrogen (secondary N) is 1. The number of aromatic hydroxyl groups is 1. The third-order valence-electron chi connectivity index (χ3n) is 5.62. The standard InChI is InChI=1S/C23H25F4NO2/c1-4-14-6-5-7-19-17(14)11-16(28-19)12-22(30,23(25,26)27)13-21(2,3)18-10-15(24)8-9-20(18)29/h5-11,28-30H,4,12-13H2,1-3H3. The van der Waals surface area contributed by atoms with E-state index in [1.807, 2.05) is 19.1 Å². The van der Waals surface area contributed by atoms with E-state index in [1.165, 1.54) is 13.8 Å². The molecule has 7 heteroatoms. The van der Waals surface area contributed by atoms with Gasteiger partial charge < -0.3 is 15.2 Å². The van der Waals surface area contributed by atoms with E-state index in [1.54, 1.807) is 12.1 Å². The number of halogens is 4. The minimum absolute atomic E-state index is 0.00934. The lowest BCUT2D eigenvalue weighted by Gasteiger charge is -2.38. The van der Waals surface area contributed by atoms with Crippen molar-refractivity contribution in [3.63, 3.8) is 0 Å². The maximum Gasteiger partial charge on any atom is 0.417 e. The Bertz CT molecular complexity index is 1060. The summed E-state index contributed by atoms with van der Waals surface area (Å²) < 4.78 is 55.7. The molecule has 3 aromatic rings. The summed E-state index contributed by atoms with van der Waals surface area (Å²) >= 11 is 0. The van der Waals surface area contributed by atoms with Crippen LogP contribution in [0.4, 0.5) is 17.6 Å². The predicted molar refractivity (Wildman–Crippen MR) is 108 cm³/mol. The maximum absolute atomic E-state index is 14.0. The quantitative estimate of drug-likeness (QED) is 0.440. The number of aliphatic hydroxyl groups is 1. The van der Waals surface area contributed by atoms with Crippen molar-refractivity contribution < 1.29 is 27.8 Å². The van der Waals surface area contributed by atoms with Crippen LogP contribution in [0, 0.1) is 5.82 Å². The number of H-pyrrole nitrogens is 1. The van der Waals surface area contributed by atoms with Gasteiger partial charge in [0.1, 0.15) is 11.6 Å². The Kier molecular flexibility index (Phi) is 5.62. The van der Waals surface area contributed by atoms with Gasteiger partial charge in [0.05, 0.1) is 0 Å². The molecule has 0 spiro atoms. The molecule has 0 fully saturated rings. The predicted octanol–water partition coefficient (Wildman–Crippen LogP) is 5.78. The van der Waals surface area contributed by atoms with Gasteiger partial charge in [0.25, 0.3) is 0 Å². The Labute approximate surface area is 172 Å². The summed E-state index contributed by atoms with van der Waals surface area (Å²) in [5, 5.41) is 21.7. The number of fused-ring (bicyclic) bond motifs is 1. The van der Waals surface area contributed by atoms with Crippen LogP contribution in [0.15, 0.2) is 42.5 Å². The Balaban J connectivity index is 2.00. The fraction of sp³-hybridized carbons (Fsp3) is 0.391. The number of hydrogen-bond acceptors (Lipinski definition) is 2. The van der Waals surface area contributed by atoms with E-state index < -0.39 is 35.9 Å². The topological polar surface area (TPSA) is 56.2 Å². The summed E-state index contributed by atoms with van der Waals surface area (Å²) in [4.78, 5) is 2.97. The van der Waals surface area contributed by atoms with Crippen LogP contribution >= 0.6 is 0 Å². The van der Waals surface area contributed by atoms with Crippen molar-refractivity contribution in [1.82, 2.24) is 4.98 Å². The first-order chi connectivity index (χ1) is 13.9. The highest BCUT2D eigenvalue weighted by molar-refractivity contribution is 5.84. The van der Waals surface area contributed by atoms with E-state index in [0.717, 1.165) is 35.6 Å². The average Bonchev–Trinajstić information content (AvgIpc) is 3.04. The Morgan fingerprint density at radius 1 is 1.03 bits per heavy atom. The molecule has 0 aliphatic carbocycles. The maximum atomic E-state index is 14.0. The van der Waals surface area contributed by atoms with Gasteiger partial charge in [-0.25, -0.2) is 4.39 Å². The molecule has 0 bridgehead atoms. The summed E-state index contributed by atoms with van der Waals surface area (Å²) in [5.74, 6) is -0.988. The number of rotatable bonds is 6. The summed E-state index contributed by atoms with van der Waals surface area (Å²) in [6.45, 7) is 4.85. The molecule has 1 unspecified atom stereocenters. The molecule has 0 aliphatic rings. The number of aromatic nitrogens is 1. The Morgan fingerprint density at radius 3 is 2.37 bits per heavy atom. The molecular formula is C23H25F4NO2. The fourth-order valence-corrected chi connectivity index (χ4v) is 4.13. The molecular weight excluding hydrogens is 398 g/mol. The van der Waals surface area contributed by atoms with Crippen molar-refractivity contribution in [2.75, 3.05) is 0 Å². The number of alkyl halides is 3. The average molecular weight is 423 g/mol. The van der Waals surface area contributed by atoms with Gasteiger partial charge in [-0.15, -0.1) is 0 Å². The molecule has 0 radical (unpaired) electrons. The molecule has 0 saturated carbocycles. The molecule has 30 heavy (non-hydrogen) atoms. The summed E-state index contributed by atoms with van der Waals surface area (Å²) in [7, 11) is 0. The first-order valence-corrected chi connectivity index (χ1v) is 9.74. The largest absolute Gasteiger partial charge is 0.508 e. The van der Waals surface area contributed by atoms with Crippen molar-refractivity contribution in [1.29, 1.82) is 0 Å². The molecule has 1 aromatic heterocycles. The number of phenols is 1. The lowest BCUT2D eigenvalue weighted by atomic mass is 9.73. The Hall–Kier alpha value is -2.54. The zero-order chi connectivity index (χ0) is 22.3. The van der Waals surface area contributed by atoms with Gasteiger partial charge in [0, 0.05) is 28.6 Å². The lowest BCUT2D eigenvalue weighted by molar-refractivity contribution is -0.266. The van der Waals surface area contributed by atoms with Crippen LogP contribution in [0.2, 0.25) is 0 Å². The van der Waals surface area contributed by atoms with Crippen LogP contribution in [0.3, 0.4) is 0 Å². The molecule has 162 valence electrons. The van der Waals surface area contributed by atoms with Crippen LogP contribution in [0.5, 0.6) is 5.75 Å². The van der Waals surface area contributed by atoms with Gasteiger partial charge >= 0.3 is 6.18 Å². The van der Waals surface area contributed by atoms with Crippen molar-refractivity contribution in [3.05, 3.63) is 65.1 Å². The number of aromatic amines is 1. The molecule has 0 saturated heterocycles. The molecule has 3 N–H and O–H groups in total. The smallest absolute Gasteiger partial charge is 0.417 e. The first kappa shape index (κ1) is 22.2. The highest BCUT2D eigenvalue weighted by Gasteiger charge is 2.56. The second-order valence-electron chi connectivity index (χ2n) is 8.45. The fourth-order valence-electron chi connectivity index (χ4n) is 4.13. The number of phenolic OH excluding ortho intramolecular Hbond substituents is 1. The van der Waals surface area contributed by atoms with Crippen LogP contribution in [-0.4, -0.2) is 27.0 Å². The number of aryl methyl sites for hydroxylation is 1. The molecule has 0 aliphatic heterocycles. The summed E-state index contributed by atoms with van der Waals surface area (Å²) in [6.07, 6.45) is -5.65. The first-order valence-electron chi connectivity index (χ1n) is 9.74. The van der Waals surface area contributed by atoms with E-state index in [9.17, 15) is 27.8 Å². The van der Waals surface area contributed by atoms with Gasteiger partial charge in [-0.2, -0.15) is 13.2 Å². The molecule has 0 amide bonds. The summed E-state index contributed by atoms with van der Waals surface area (Å²) in [5.41, 5.74) is -2.47. The minimum atomic E-state index is -4.93. The van der Waals surface area contributed by atoms with E-state index in [2.05, 4.69) is 4.98 Å². The van der Waals surface area contributed by atoms with Gasteiger partial charge in [-0.1, -0.05) is 32.9 Å². The lowest BCUT2D eigenvalue weighted by Crippen LogP contribution is -2.50. The highest BCUT2D eigenvalue weighted by Crippen LogP contribution is 2.45. The van der Waals surface area contributed by atoms with Crippen molar-refractivity contribution in [2.45, 2.75) is 57.2 Å². The zero-order valence-corrected chi connectivity index (χ0v) is 17.1. The van der Waals surface area contributed by atoms with E-state index in [0.29, 0.717) is 5.52 Å². The molecule has 3 nitrogen and oxygen atoms in total. The van der Waals surface area contributed by atoms with E-state index >= 15 is 0 Å². The monoisotopic (exact) mass is 423 g/mol. The van der Waals surface area contributed by atoms with Crippen molar-refractivity contribution >= 4 is 10.9 Å². The van der Waals surface area contributed by atoms with Crippen LogP contribution in [0.1, 0.15) is 44.0 Å². The van der Waals surface area contributed by atoms with Gasteiger partial charge in [-0.3, -0.25) is 0 Å². The number of hydrogen-bond donors (Lipinski definition) is 3. The number of benzene rings is 2. The molecule has 1 heterocycles. The minimum Gasteiger partial charge on any atom is -0.508 e. The van der Waals surface area contributed by atoms with Crippen molar-refractivity contribution in [2.24, 2.45) is 0 Å². The highest BCUT2D eigenvalue weighted by atomic mass is 19.4. The van der Waals surface area contributed by atoms with E-state index in [-0.39, 0.29) is 17.0 Å². The third-order valence-corrected chi connectivity index (χ3v) is 5.62. The van der Waals surface area contributed by atoms with Gasteiger partial charge in [-0.05, 0) is 54.2 Å². The summed E-state index contributed by atoms with van der Waals surface area (Å²) in [6, 6.07) is 10.3. The van der Waals surface area contributed by atoms with Crippen LogP contribution < -0.4 is 0 Å². The van der Waals surface area contributed by atoms with Gasteiger partial charge in [0.2, 0.25) is 0 Å². The second-order valence-corrected chi connectivity index (χ2v) is 8.45. The Morgan fingerprint density at radius 2 is 1.73 bits per heavy atom. The molecule has 2 aromatic carbocycles. The second kappa shape index (κ2) is 7.61. The molecule has 3 rings (SSSR count). The van der Waals surface area contributed by atoms with E-state index in [4.69, 9.17) is 0 Å². The van der Waals surface area contributed by atoms with Crippen molar-refractivity contribution in [3.8, 4) is 5.75 Å². The molecule has 1 atom stereocenters. The third kappa shape index (κ3) is 4.17. The zero-order valence-electron chi connectivity index (χ0n) is 17.1. The van der Waals surface area contributed by atoms with Gasteiger partial charge in [0.15, 0.2) is 5.60 Å². The van der Waals surface area contributed by atoms with Crippen LogP contribution in [0.25, 0.3) is 10.9 Å². The SMILES string of the molecule is CCc1cccc2[nH]c(CC(O)(CC(C)(C)c3cc(F)ccc3O)C(F)(F)F)cc12.